The third kappa shape index (κ3) is 4.64. The topological polar surface area (TPSA) is 98.5 Å². The summed E-state index contributed by atoms with van der Waals surface area (Å²) < 4.78 is 17.3. The van der Waals surface area contributed by atoms with E-state index in [4.69, 9.17) is 10.5 Å². The van der Waals surface area contributed by atoms with Crippen LogP contribution < -0.4 is 11.1 Å². The molecule has 6 nitrogen and oxygen atoms in total. The molecular weight excluding hydrogens is 304 g/mol. The van der Waals surface area contributed by atoms with Crippen molar-refractivity contribution in [1.82, 2.24) is 5.32 Å². The zero-order valence-corrected chi connectivity index (χ0v) is 13.0. The molecule has 1 heterocycles. The molecule has 0 unspecified atom stereocenters. The van der Waals surface area contributed by atoms with Crippen molar-refractivity contribution in [3.63, 3.8) is 0 Å². The van der Waals surface area contributed by atoms with Crippen molar-refractivity contribution in [1.29, 1.82) is 0 Å². The van der Waals surface area contributed by atoms with Gasteiger partial charge < -0.3 is 15.8 Å². The van der Waals surface area contributed by atoms with Gasteiger partial charge in [0.05, 0.1) is 23.3 Å². The first-order chi connectivity index (χ1) is 10.6. The summed E-state index contributed by atoms with van der Waals surface area (Å²) in [6.07, 6.45) is 0.892. The number of hydrogen-bond acceptors (Lipinski definition) is 4. The lowest BCUT2D eigenvalue weighted by molar-refractivity contribution is -0.129. The summed E-state index contributed by atoms with van der Waals surface area (Å²) in [6, 6.07) is 8.19. The van der Waals surface area contributed by atoms with Gasteiger partial charge in [0.15, 0.2) is 0 Å². The van der Waals surface area contributed by atoms with E-state index in [1.165, 1.54) is 0 Å². The molecule has 3 N–H and O–H groups in total. The minimum atomic E-state index is -1.22. The molecule has 1 aliphatic heterocycles. The largest absolute Gasteiger partial charge is 0.381 e. The monoisotopic (exact) mass is 324 g/mol. The zero-order valence-electron chi connectivity index (χ0n) is 12.2. The first kappa shape index (κ1) is 16.6. The highest BCUT2D eigenvalue weighted by Crippen LogP contribution is 2.13. The maximum absolute atomic E-state index is 12.1. The summed E-state index contributed by atoms with van der Waals surface area (Å²) >= 11 is 0. The lowest BCUT2D eigenvalue weighted by atomic mass is 10.1. The first-order valence-electron chi connectivity index (χ1n) is 7.19. The number of nitrogens with one attached hydrogen (secondary N) is 1. The fourth-order valence-corrected chi connectivity index (χ4v) is 3.38. The number of hydrogen-bond donors (Lipinski definition) is 2. The van der Waals surface area contributed by atoms with Crippen LogP contribution in [0.5, 0.6) is 0 Å². The minimum absolute atomic E-state index is 0.230. The summed E-state index contributed by atoms with van der Waals surface area (Å²) in [5.74, 6) is -0.815. The summed E-state index contributed by atoms with van der Waals surface area (Å²) in [5, 5.41) is 2.64. The Labute approximate surface area is 131 Å². The Morgan fingerprint density at radius 2 is 2.09 bits per heavy atom. The van der Waals surface area contributed by atoms with Crippen molar-refractivity contribution in [2.75, 3.05) is 19.0 Å². The molecule has 1 aromatic carbocycles. The van der Waals surface area contributed by atoms with Crippen LogP contribution in [0, 0.1) is 5.92 Å². The van der Waals surface area contributed by atoms with Crippen LogP contribution in [0.15, 0.2) is 35.2 Å². The second kappa shape index (κ2) is 8.05. The Bertz CT molecular complexity index is 544. The van der Waals surface area contributed by atoms with Gasteiger partial charge >= 0.3 is 0 Å². The molecule has 3 atom stereocenters. The molecular formula is C15H20N2O4S. The fourth-order valence-electron chi connectivity index (χ4n) is 2.23. The second-order valence-electron chi connectivity index (χ2n) is 5.18. The normalized spacial score (nSPS) is 20.3. The summed E-state index contributed by atoms with van der Waals surface area (Å²) in [7, 11) is -1.22. The number of carbonyl (C=O) groups excluding carboxylic acids is 2. The van der Waals surface area contributed by atoms with E-state index in [-0.39, 0.29) is 24.0 Å². The van der Waals surface area contributed by atoms with Crippen molar-refractivity contribution in [2.45, 2.75) is 23.8 Å². The van der Waals surface area contributed by atoms with Crippen LogP contribution in [0.4, 0.5) is 0 Å². The first-order valence-corrected chi connectivity index (χ1v) is 8.50. The van der Waals surface area contributed by atoms with Crippen molar-refractivity contribution in [2.24, 2.45) is 11.7 Å². The Morgan fingerprint density at radius 3 is 2.68 bits per heavy atom. The van der Waals surface area contributed by atoms with Crippen LogP contribution in [0.3, 0.4) is 0 Å². The highest BCUT2D eigenvalue weighted by Gasteiger charge is 2.27. The molecule has 1 aliphatic rings. The van der Waals surface area contributed by atoms with Gasteiger partial charge in [-0.05, 0) is 25.0 Å². The van der Waals surface area contributed by atoms with E-state index < -0.39 is 22.7 Å². The van der Waals surface area contributed by atoms with Gasteiger partial charge in [-0.1, -0.05) is 18.2 Å². The van der Waals surface area contributed by atoms with Gasteiger partial charge in [0, 0.05) is 17.3 Å². The maximum atomic E-state index is 12.1. The number of primary amides is 1. The molecule has 0 aliphatic carbocycles. The molecule has 0 aromatic heterocycles. The van der Waals surface area contributed by atoms with Gasteiger partial charge in [-0.25, -0.2) is 0 Å². The van der Waals surface area contributed by atoms with Gasteiger partial charge in [-0.15, -0.1) is 0 Å². The highest BCUT2D eigenvalue weighted by molar-refractivity contribution is 7.85. The number of nitrogens with two attached hydrogens (primary N) is 1. The minimum Gasteiger partial charge on any atom is -0.381 e. The van der Waals surface area contributed by atoms with Crippen LogP contribution in [0.25, 0.3) is 0 Å². The van der Waals surface area contributed by atoms with Crippen LogP contribution in [0.2, 0.25) is 0 Å². The van der Waals surface area contributed by atoms with E-state index in [9.17, 15) is 13.8 Å². The van der Waals surface area contributed by atoms with Crippen molar-refractivity contribution in [3.05, 3.63) is 30.3 Å². The van der Waals surface area contributed by atoms with Crippen LogP contribution in [0.1, 0.15) is 12.8 Å². The van der Waals surface area contributed by atoms with Crippen molar-refractivity contribution < 1.29 is 18.5 Å². The van der Waals surface area contributed by atoms with Crippen LogP contribution >= 0.6 is 0 Å². The molecule has 0 radical (unpaired) electrons. The molecule has 0 spiro atoms. The van der Waals surface area contributed by atoms with Gasteiger partial charge in [0.2, 0.25) is 11.8 Å². The van der Waals surface area contributed by atoms with E-state index in [0.717, 1.165) is 0 Å². The molecule has 2 rings (SSSR count). The van der Waals surface area contributed by atoms with Crippen LogP contribution in [-0.2, 0) is 25.1 Å². The number of ether oxygens (including phenoxy) is 1. The molecule has 0 saturated carbocycles. The van der Waals surface area contributed by atoms with Crippen molar-refractivity contribution >= 4 is 22.6 Å². The van der Waals surface area contributed by atoms with E-state index in [2.05, 4.69) is 5.32 Å². The SMILES string of the molecule is NC(=O)[C@@H](CC[S@@](=O)c1ccccc1)NC(=O)[C@@H]1CCOC1. The number of carbonyl (C=O) groups is 2. The highest BCUT2D eigenvalue weighted by atomic mass is 32.2. The van der Waals surface area contributed by atoms with E-state index in [0.29, 0.717) is 24.5 Å². The molecule has 120 valence electrons. The lowest BCUT2D eigenvalue weighted by Gasteiger charge is -2.17. The fraction of sp³-hybridized carbons (Fsp3) is 0.467. The number of rotatable bonds is 7. The van der Waals surface area contributed by atoms with Gasteiger partial charge in [-0.2, -0.15) is 0 Å². The number of amides is 2. The molecule has 1 fully saturated rings. The van der Waals surface area contributed by atoms with Gasteiger partial charge in [-0.3, -0.25) is 13.8 Å². The Balaban J connectivity index is 1.87. The predicted octanol–water partition coefficient (Wildman–Crippen LogP) is 0.191. The Hall–Kier alpha value is -1.73. The maximum Gasteiger partial charge on any atom is 0.240 e. The zero-order chi connectivity index (χ0) is 15.9. The molecule has 1 aromatic rings. The molecule has 2 amide bonds. The summed E-state index contributed by atoms with van der Waals surface area (Å²) in [6.45, 7) is 0.921. The van der Waals surface area contributed by atoms with Crippen LogP contribution in [-0.4, -0.2) is 41.0 Å². The van der Waals surface area contributed by atoms with Gasteiger partial charge in [0.1, 0.15) is 6.04 Å². The van der Waals surface area contributed by atoms with E-state index in [1.54, 1.807) is 24.3 Å². The third-order valence-electron chi connectivity index (χ3n) is 3.56. The smallest absolute Gasteiger partial charge is 0.240 e. The molecule has 7 heteroatoms. The van der Waals surface area contributed by atoms with Gasteiger partial charge in [0.25, 0.3) is 0 Å². The summed E-state index contributed by atoms with van der Waals surface area (Å²) in [4.78, 5) is 24.2. The quantitative estimate of drug-likeness (QED) is 0.748. The average molecular weight is 324 g/mol. The third-order valence-corrected chi connectivity index (χ3v) is 4.96. The molecule has 0 bridgehead atoms. The number of benzene rings is 1. The summed E-state index contributed by atoms with van der Waals surface area (Å²) in [5.41, 5.74) is 5.32. The standard InChI is InChI=1S/C15H20N2O4S/c16-14(18)13(17-15(19)11-6-8-21-10-11)7-9-22(20)12-4-2-1-3-5-12/h1-5,11,13H,6-10H2,(H2,16,18)(H,17,19)/t11-,13-,22-/m1/s1. The molecule has 1 saturated heterocycles. The van der Waals surface area contributed by atoms with E-state index in [1.807, 2.05) is 6.07 Å². The molecule has 22 heavy (non-hydrogen) atoms. The van der Waals surface area contributed by atoms with Crippen molar-refractivity contribution in [3.8, 4) is 0 Å². The Kier molecular flexibility index (Phi) is 6.09. The average Bonchev–Trinajstić information content (AvgIpc) is 3.06. The second-order valence-corrected chi connectivity index (χ2v) is 6.75. The lowest BCUT2D eigenvalue weighted by Crippen LogP contribution is -2.47. The predicted molar refractivity (Wildman–Crippen MR) is 82.4 cm³/mol. The van der Waals surface area contributed by atoms with E-state index >= 15 is 0 Å². The Morgan fingerprint density at radius 1 is 1.36 bits per heavy atom.